The van der Waals surface area contributed by atoms with Crippen molar-refractivity contribution in [2.45, 2.75) is 13.5 Å². The molecule has 2 aromatic heterocycles. The van der Waals surface area contributed by atoms with E-state index in [2.05, 4.69) is 5.16 Å². The molecular weight excluding hydrogens is 360 g/mol. The number of methoxy groups -OCH3 is 1. The lowest BCUT2D eigenvalue weighted by Crippen LogP contribution is -2.54. The summed E-state index contributed by atoms with van der Waals surface area (Å²) < 4.78 is 11.2. The van der Waals surface area contributed by atoms with Crippen molar-refractivity contribution < 1.29 is 29.1 Å². The number of aromatic hydroxyl groups is 1. The minimum Gasteiger partial charge on any atom is -0.502 e. The summed E-state index contributed by atoms with van der Waals surface area (Å²) in [5, 5.41) is 24.9. The molecule has 1 aliphatic heterocycles. The van der Waals surface area contributed by atoms with Crippen molar-refractivity contribution in [2.75, 3.05) is 31.9 Å². The molecule has 0 saturated heterocycles. The van der Waals surface area contributed by atoms with E-state index in [0.717, 1.165) is 6.20 Å². The average molecular weight is 378 g/mol. The predicted octanol–water partition coefficient (Wildman–Crippen LogP) is -0.254. The van der Waals surface area contributed by atoms with Gasteiger partial charge in [-0.15, -0.1) is 0 Å². The minimum absolute atomic E-state index is 0.0719. The number of carbonyl (C=O) groups is 2. The van der Waals surface area contributed by atoms with Gasteiger partial charge >= 0.3 is 5.97 Å². The number of pyridine rings is 1. The van der Waals surface area contributed by atoms with Gasteiger partial charge in [0.2, 0.25) is 5.43 Å². The van der Waals surface area contributed by atoms with Gasteiger partial charge in [-0.3, -0.25) is 19.3 Å². The molecule has 0 atom stereocenters. The van der Waals surface area contributed by atoms with Gasteiger partial charge in [0.15, 0.2) is 11.4 Å². The number of carboxylic acids is 1. The Balaban J connectivity index is 2.10. The normalized spacial score (nSPS) is 13.8. The maximum atomic E-state index is 12.7. The summed E-state index contributed by atoms with van der Waals surface area (Å²) >= 11 is 0. The van der Waals surface area contributed by atoms with Crippen LogP contribution in [0.3, 0.4) is 0 Å². The van der Waals surface area contributed by atoms with E-state index >= 15 is 0 Å². The molecule has 0 unspecified atom stereocenters. The number of amides is 1. The monoisotopic (exact) mass is 378 g/mol. The second-order valence-electron chi connectivity index (χ2n) is 6.02. The van der Waals surface area contributed by atoms with Crippen molar-refractivity contribution in [2.24, 2.45) is 0 Å². The molecule has 0 aliphatic carbocycles. The Hall–Kier alpha value is -3.34. The van der Waals surface area contributed by atoms with E-state index in [1.54, 1.807) is 18.0 Å². The van der Waals surface area contributed by atoms with Gasteiger partial charge < -0.3 is 24.4 Å². The van der Waals surface area contributed by atoms with Crippen LogP contribution in [0.25, 0.3) is 0 Å². The van der Waals surface area contributed by atoms with Crippen molar-refractivity contribution in [3.8, 4) is 5.75 Å². The molecule has 27 heavy (non-hydrogen) atoms. The molecule has 1 amide bonds. The highest BCUT2D eigenvalue weighted by atomic mass is 16.5. The topological polar surface area (TPSA) is 138 Å². The number of hydrogen-bond donors (Lipinski definition) is 2. The smallest absolute Gasteiger partial charge is 0.341 e. The zero-order valence-electron chi connectivity index (χ0n) is 14.7. The highest BCUT2D eigenvalue weighted by molar-refractivity contribution is 5.97. The van der Waals surface area contributed by atoms with Crippen LogP contribution in [0.5, 0.6) is 5.75 Å². The summed E-state index contributed by atoms with van der Waals surface area (Å²) in [5.74, 6) is -2.44. The van der Waals surface area contributed by atoms with Crippen molar-refractivity contribution in [1.82, 2.24) is 14.7 Å². The van der Waals surface area contributed by atoms with E-state index in [1.165, 1.54) is 16.7 Å². The summed E-state index contributed by atoms with van der Waals surface area (Å²) in [5.41, 5.74) is -1.54. The number of carboxylic acid groups (broad SMARTS) is 1. The number of ether oxygens (including phenoxy) is 1. The van der Waals surface area contributed by atoms with Crippen LogP contribution in [0.15, 0.2) is 21.6 Å². The fourth-order valence-electron chi connectivity index (χ4n) is 2.82. The van der Waals surface area contributed by atoms with Crippen LogP contribution in [0.1, 0.15) is 32.3 Å². The second kappa shape index (κ2) is 7.11. The molecule has 0 bridgehead atoms. The van der Waals surface area contributed by atoms with Crippen LogP contribution in [0.2, 0.25) is 0 Å². The Morgan fingerprint density at radius 3 is 2.74 bits per heavy atom. The Morgan fingerprint density at radius 1 is 1.41 bits per heavy atom. The van der Waals surface area contributed by atoms with Gasteiger partial charge in [0.25, 0.3) is 5.91 Å². The van der Waals surface area contributed by atoms with E-state index in [1.807, 2.05) is 0 Å². The zero-order chi connectivity index (χ0) is 19.7. The molecule has 11 heteroatoms. The average Bonchev–Trinajstić information content (AvgIpc) is 3.03. The summed E-state index contributed by atoms with van der Waals surface area (Å²) in [4.78, 5) is 37.6. The number of aromatic carboxylic acids is 1. The Morgan fingerprint density at radius 2 is 2.15 bits per heavy atom. The molecule has 3 rings (SSSR count). The quantitative estimate of drug-likeness (QED) is 0.696. The van der Waals surface area contributed by atoms with Crippen LogP contribution < -0.4 is 10.4 Å². The van der Waals surface area contributed by atoms with Crippen LogP contribution in [-0.4, -0.2) is 63.8 Å². The summed E-state index contributed by atoms with van der Waals surface area (Å²) in [6, 6.07) is 1.69. The molecule has 2 N–H and O–H groups in total. The van der Waals surface area contributed by atoms with Gasteiger partial charge in [0.05, 0.1) is 13.2 Å². The lowest BCUT2D eigenvalue weighted by Gasteiger charge is -2.39. The molecule has 1 aliphatic rings. The summed E-state index contributed by atoms with van der Waals surface area (Å²) in [7, 11) is 1.49. The molecule has 0 saturated carbocycles. The van der Waals surface area contributed by atoms with Gasteiger partial charge in [-0.1, -0.05) is 5.16 Å². The van der Waals surface area contributed by atoms with Crippen molar-refractivity contribution in [3.63, 3.8) is 0 Å². The molecule has 0 fully saturated rings. The predicted molar refractivity (Wildman–Crippen MR) is 90.3 cm³/mol. The van der Waals surface area contributed by atoms with Crippen LogP contribution >= 0.6 is 0 Å². The van der Waals surface area contributed by atoms with Gasteiger partial charge in [-0.2, -0.15) is 0 Å². The van der Waals surface area contributed by atoms with E-state index < -0.39 is 28.6 Å². The number of nitrogens with zero attached hydrogens (tertiary/aromatic N) is 4. The van der Waals surface area contributed by atoms with Crippen molar-refractivity contribution in [3.05, 3.63) is 45.2 Å². The minimum atomic E-state index is -1.50. The number of fused-ring (bicyclic) bond motifs is 1. The number of aromatic nitrogens is 2. The van der Waals surface area contributed by atoms with Gasteiger partial charge in [0.1, 0.15) is 23.7 Å². The van der Waals surface area contributed by atoms with Gasteiger partial charge in [0, 0.05) is 25.9 Å². The van der Waals surface area contributed by atoms with E-state index in [4.69, 9.17) is 9.26 Å². The third-order valence-electron chi connectivity index (χ3n) is 4.11. The number of hydrogen-bond acceptors (Lipinski definition) is 8. The first-order valence-corrected chi connectivity index (χ1v) is 8.01. The largest absolute Gasteiger partial charge is 0.502 e. The maximum Gasteiger partial charge on any atom is 0.341 e. The molecule has 2 aromatic rings. The first kappa shape index (κ1) is 18.5. The molecule has 3 heterocycles. The number of aryl methyl sites for hydroxylation is 1. The first-order chi connectivity index (χ1) is 12.8. The number of rotatable bonds is 6. The fraction of sp³-hybridized carbons (Fsp3) is 0.375. The maximum absolute atomic E-state index is 12.7. The third-order valence-corrected chi connectivity index (χ3v) is 4.11. The molecule has 0 spiro atoms. The van der Waals surface area contributed by atoms with Gasteiger partial charge in [-0.25, -0.2) is 4.79 Å². The highest BCUT2D eigenvalue weighted by Crippen LogP contribution is 2.22. The van der Waals surface area contributed by atoms with Crippen LogP contribution in [0.4, 0.5) is 0 Å². The van der Waals surface area contributed by atoms with Crippen molar-refractivity contribution in [1.29, 1.82) is 0 Å². The third kappa shape index (κ3) is 3.36. The molecule has 0 radical (unpaired) electrons. The first-order valence-electron chi connectivity index (χ1n) is 8.01. The van der Waals surface area contributed by atoms with E-state index in [-0.39, 0.29) is 32.1 Å². The van der Waals surface area contributed by atoms with Crippen LogP contribution in [-0.2, 0) is 11.3 Å². The molecule has 11 nitrogen and oxygen atoms in total. The molecule has 0 aromatic carbocycles. The Kier molecular flexibility index (Phi) is 4.86. The standard InChI is InChI=1S/C16H18N4O7/c1-9-5-10(17-27-9)6-19-8-18(3-4-26-2)15(23)12-14(22)13(21)11(16(24)25)7-20(12)19/h5,7,22H,3-4,6,8H2,1-2H3,(H,24,25). The SMILES string of the molecule is COCCN1CN(Cc2cc(C)on2)n2cc(C(=O)O)c(=O)c(O)c2C1=O. The highest BCUT2D eigenvalue weighted by Gasteiger charge is 2.34. The Bertz CT molecular complexity index is 949. The second-order valence-corrected chi connectivity index (χ2v) is 6.02. The van der Waals surface area contributed by atoms with E-state index in [9.17, 15) is 24.6 Å². The molecule has 144 valence electrons. The Labute approximate surface area is 152 Å². The number of carbonyl (C=O) groups excluding carboxylic acids is 1. The summed E-state index contributed by atoms with van der Waals surface area (Å²) in [6.45, 7) is 2.42. The lowest BCUT2D eigenvalue weighted by molar-refractivity contribution is 0.0612. The van der Waals surface area contributed by atoms with Crippen molar-refractivity contribution >= 4 is 11.9 Å². The van der Waals surface area contributed by atoms with Gasteiger partial charge in [-0.05, 0) is 6.92 Å². The van der Waals surface area contributed by atoms with Crippen LogP contribution in [0, 0.1) is 6.92 Å². The lowest BCUT2D eigenvalue weighted by atomic mass is 10.2. The van der Waals surface area contributed by atoms with E-state index in [0.29, 0.717) is 11.5 Å². The molecular formula is C16H18N4O7. The zero-order valence-corrected chi connectivity index (χ0v) is 14.7. The summed E-state index contributed by atoms with van der Waals surface area (Å²) in [6.07, 6.45) is 1.03. The fourth-order valence-corrected chi connectivity index (χ4v) is 2.82.